The lowest BCUT2D eigenvalue weighted by atomic mass is 10.00. The molecule has 0 spiro atoms. The molecule has 0 radical (unpaired) electrons. The highest BCUT2D eigenvalue weighted by molar-refractivity contribution is 5.36. The second-order valence-corrected chi connectivity index (χ2v) is 4.12. The van der Waals surface area contributed by atoms with Crippen LogP contribution in [0, 0.1) is 0 Å². The van der Waals surface area contributed by atoms with Gasteiger partial charge in [-0.05, 0) is 18.2 Å². The Kier molecular flexibility index (Phi) is 4.75. The van der Waals surface area contributed by atoms with Crippen molar-refractivity contribution >= 4 is 0 Å². The van der Waals surface area contributed by atoms with Crippen molar-refractivity contribution in [2.24, 2.45) is 0 Å². The zero-order valence-electron chi connectivity index (χ0n) is 10.8. The van der Waals surface area contributed by atoms with Gasteiger partial charge in [0.05, 0.1) is 26.5 Å². The van der Waals surface area contributed by atoms with Crippen LogP contribution in [0.3, 0.4) is 0 Å². The van der Waals surface area contributed by atoms with E-state index in [1.807, 2.05) is 36.4 Å². The summed E-state index contributed by atoms with van der Waals surface area (Å²) >= 11 is 0. The summed E-state index contributed by atoms with van der Waals surface area (Å²) in [5.41, 5.74) is 0.941. The van der Waals surface area contributed by atoms with Gasteiger partial charge in [-0.2, -0.15) is 0 Å². The fraction of sp³-hybridized carbons (Fsp3) is 0.267. The minimum atomic E-state index is -0.128. The minimum absolute atomic E-state index is 0.000630. The molecule has 1 aromatic heterocycles. The number of ether oxygens (including phenoxy) is 2. The third-order valence-corrected chi connectivity index (χ3v) is 2.88. The summed E-state index contributed by atoms with van der Waals surface area (Å²) in [5, 5.41) is 9.53. The molecule has 100 valence electrons. The van der Waals surface area contributed by atoms with E-state index in [0.29, 0.717) is 12.4 Å². The van der Waals surface area contributed by atoms with Gasteiger partial charge in [-0.15, -0.1) is 0 Å². The number of para-hydroxylation sites is 1. The fourth-order valence-electron chi connectivity index (χ4n) is 1.87. The van der Waals surface area contributed by atoms with Crippen molar-refractivity contribution in [3.05, 3.63) is 54.4 Å². The Bertz CT molecular complexity index is 502. The van der Waals surface area contributed by atoms with Gasteiger partial charge in [0.25, 0.3) is 0 Å². The third kappa shape index (κ3) is 3.45. The summed E-state index contributed by atoms with van der Waals surface area (Å²) in [6, 6.07) is 11.3. The van der Waals surface area contributed by atoms with Crippen LogP contribution in [0.25, 0.3) is 0 Å². The first kappa shape index (κ1) is 13.4. The van der Waals surface area contributed by atoms with E-state index in [0.717, 1.165) is 11.3 Å². The quantitative estimate of drug-likeness (QED) is 0.864. The standard InChI is InChI=1S/C15H17NO3/c1-18-15-7-3-2-6-14(15)12(10-17)11-19-13-5-4-8-16-9-13/h2-9,12,17H,10-11H2,1H3. The van der Waals surface area contributed by atoms with E-state index < -0.39 is 0 Å². The highest BCUT2D eigenvalue weighted by Crippen LogP contribution is 2.26. The lowest BCUT2D eigenvalue weighted by Gasteiger charge is -2.18. The number of benzene rings is 1. The molecule has 0 aliphatic rings. The van der Waals surface area contributed by atoms with Crippen molar-refractivity contribution in [1.82, 2.24) is 4.98 Å². The molecule has 0 amide bonds. The summed E-state index contributed by atoms with van der Waals surface area (Å²) in [6.07, 6.45) is 3.34. The molecule has 4 heteroatoms. The lowest BCUT2D eigenvalue weighted by Crippen LogP contribution is -2.15. The summed E-state index contributed by atoms with van der Waals surface area (Å²) in [5.74, 6) is 1.32. The van der Waals surface area contributed by atoms with Gasteiger partial charge >= 0.3 is 0 Å². The van der Waals surface area contributed by atoms with E-state index >= 15 is 0 Å². The highest BCUT2D eigenvalue weighted by Gasteiger charge is 2.15. The molecule has 4 nitrogen and oxygen atoms in total. The molecule has 1 aromatic carbocycles. The molecule has 2 aromatic rings. The van der Waals surface area contributed by atoms with Crippen molar-refractivity contribution < 1.29 is 14.6 Å². The smallest absolute Gasteiger partial charge is 0.137 e. The maximum absolute atomic E-state index is 9.53. The van der Waals surface area contributed by atoms with Gasteiger partial charge in [-0.3, -0.25) is 4.98 Å². The molecular weight excluding hydrogens is 242 g/mol. The van der Waals surface area contributed by atoms with Crippen LogP contribution in [0.2, 0.25) is 0 Å². The van der Waals surface area contributed by atoms with E-state index in [4.69, 9.17) is 9.47 Å². The van der Waals surface area contributed by atoms with E-state index in [1.54, 1.807) is 19.5 Å². The van der Waals surface area contributed by atoms with Crippen LogP contribution in [0.5, 0.6) is 11.5 Å². The molecule has 1 heterocycles. The van der Waals surface area contributed by atoms with Gasteiger partial charge in [0.15, 0.2) is 0 Å². The van der Waals surface area contributed by atoms with Crippen LogP contribution in [0.15, 0.2) is 48.8 Å². The zero-order valence-corrected chi connectivity index (χ0v) is 10.8. The van der Waals surface area contributed by atoms with Crippen LogP contribution in [0.1, 0.15) is 11.5 Å². The molecule has 19 heavy (non-hydrogen) atoms. The first-order chi connectivity index (χ1) is 9.35. The average Bonchev–Trinajstić information content (AvgIpc) is 2.49. The van der Waals surface area contributed by atoms with Crippen LogP contribution >= 0.6 is 0 Å². The molecule has 0 aliphatic carbocycles. The molecule has 0 bridgehead atoms. The number of rotatable bonds is 6. The Morgan fingerprint density at radius 3 is 2.74 bits per heavy atom. The molecule has 2 rings (SSSR count). The lowest BCUT2D eigenvalue weighted by molar-refractivity contribution is 0.202. The molecular formula is C15H17NO3. The number of aromatic nitrogens is 1. The fourth-order valence-corrected chi connectivity index (χ4v) is 1.87. The Morgan fingerprint density at radius 1 is 1.21 bits per heavy atom. The van der Waals surface area contributed by atoms with Gasteiger partial charge in [0.1, 0.15) is 11.5 Å². The SMILES string of the molecule is COc1ccccc1C(CO)COc1cccnc1. The van der Waals surface area contributed by atoms with Crippen LogP contribution in [-0.4, -0.2) is 30.4 Å². The largest absolute Gasteiger partial charge is 0.496 e. The van der Waals surface area contributed by atoms with Gasteiger partial charge in [0, 0.05) is 17.7 Å². The highest BCUT2D eigenvalue weighted by atomic mass is 16.5. The molecule has 0 saturated carbocycles. The van der Waals surface area contributed by atoms with E-state index in [1.165, 1.54) is 0 Å². The predicted octanol–water partition coefficient (Wildman–Crippen LogP) is 2.25. The minimum Gasteiger partial charge on any atom is -0.496 e. The van der Waals surface area contributed by atoms with E-state index in [2.05, 4.69) is 4.98 Å². The molecule has 1 unspecified atom stereocenters. The second kappa shape index (κ2) is 6.75. The molecule has 0 saturated heterocycles. The first-order valence-electron chi connectivity index (χ1n) is 6.11. The third-order valence-electron chi connectivity index (χ3n) is 2.88. The van der Waals surface area contributed by atoms with Crippen molar-refractivity contribution in [1.29, 1.82) is 0 Å². The monoisotopic (exact) mass is 259 g/mol. The molecule has 0 aliphatic heterocycles. The normalized spacial score (nSPS) is 11.9. The maximum Gasteiger partial charge on any atom is 0.137 e. The first-order valence-corrected chi connectivity index (χ1v) is 6.11. The Morgan fingerprint density at radius 2 is 2.05 bits per heavy atom. The van der Waals surface area contributed by atoms with Crippen molar-refractivity contribution in [2.45, 2.75) is 5.92 Å². The van der Waals surface area contributed by atoms with Crippen molar-refractivity contribution in [3.8, 4) is 11.5 Å². The predicted molar refractivity (Wildman–Crippen MR) is 72.6 cm³/mol. The number of pyridine rings is 1. The number of hydrogen-bond acceptors (Lipinski definition) is 4. The number of aliphatic hydroxyl groups excluding tert-OH is 1. The number of nitrogens with zero attached hydrogens (tertiary/aromatic N) is 1. The van der Waals surface area contributed by atoms with E-state index in [-0.39, 0.29) is 12.5 Å². The van der Waals surface area contributed by atoms with Crippen LogP contribution in [-0.2, 0) is 0 Å². The number of hydrogen-bond donors (Lipinski definition) is 1. The summed E-state index contributed by atoms with van der Waals surface area (Å²) in [4.78, 5) is 3.98. The van der Waals surface area contributed by atoms with E-state index in [9.17, 15) is 5.11 Å². The Hall–Kier alpha value is -2.07. The summed E-state index contributed by atoms with van der Waals surface area (Å²) < 4.78 is 10.9. The van der Waals surface area contributed by atoms with Crippen LogP contribution in [0.4, 0.5) is 0 Å². The maximum atomic E-state index is 9.53. The topological polar surface area (TPSA) is 51.6 Å². The molecule has 1 atom stereocenters. The van der Waals surface area contributed by atoms with Crippen molar-refractivity contribution in [3.63, 3.8) is 0 Å². The van der Waals surface area contributed by atoms with Gasteiger partial charge in [0.2, 0.25) is 0 Å². The van der Waals surface area contributed by atoms with Gasteiger partial charge < -0.3 is 14.6 Å². The molecule has 1 N–H and O–H groups in total. The Balaban J connectivity index is 2.08. The van der Waals surface area contributed by atoms with Crippen molar-refractivity contribution in [2.75, 3.05) is 20.3 Å². The number of methoxy groups -OCH3 is 1. The second-order valence-electron chi connectivity index (χ2n) is 4.12. The Labute approximate surface area is 112 Å². The van der Waals surface area contributed by atoms with Gasteiger partial charge in [-0.25, -0.2) is 0 Å². The van der Waals surface area contributed by atoms with Gasteiger partial charge in [-0.1, -0.05) is 18.2 Å². The molecule has 0 fully saturated rings. The summed E-state index contributed by atoms with van der Waals surface area (Å²) in [7, 11) is 1.62. The number of aliphatic hydroxyl groups is 1. The zero-order chi connectivity index (χ0) is 13.5. The summed E-state index contributed by atoms with van der Waals surface area (Å²) in [6.45, 7) is 0.378. The van der Waals surface area contributed by atoms with Crippen LogP contribution < -0.4 is 9.47 Å². The average molecular weight is 259 g/mol.